The maximum absolute atomic E-state index is 0. The van der Waals surface area contributed by atoms with Crippen LogP contribution in [0.3, 0.4) is 0 Å². The number of rotatable bonds is 0. The topological polar surface area (TPSA) is 1180 Å². The molecule has 0 saturated carbocycles. The standard InChI is InChI=1S/3H3N.34H2O/h3*1H3;34*1H2. The number of hydrogen-bond donors (Lipinski definition) is 3. The van der Waals surface area contributed by atoms with Gasteiger partial charge in [0, 0.05) is 0 Å². The average Bonchev–Trinajstić information content (AvgIpc) is 0. The lowest BCUT2D eigenvalue weighted by atomic mass is 14.0. The van der Waals surface area contributed by atoms with Gasteiger partial charge < -0.3 is 205 Å². The van der Waals surface area contributed by atoms with Gasteiger partial charge in [0.15, 0.2) is 0 Å². The van der Waals surface area contributed by atoms with Crippen molar-refractivity contribution in [3.63, 3.8) is 0 Å². The van der Waals surface area contributed by atoms with Gasteiger partial charge in [-0.15, -0.1) is 0 Å². The summed E-state index contributed by atoms with van der Waals surface area (Å²) in [6.45, 7) is 0. The Morgan fingerprint density at radius 3 is 0.0541 bits per heavy atom. The quantitative estimate of drug-likeness (QED) is 0.227. The summed E-state index contributed by atoms with van der Waals surface area (Å²) in [5.41, 5.74) is 0. The molecule has 0 aromatic carbocycles. The van der Waals surface area contributed by atoms with Gasteiger partial charge in [-0.25, -0.2) is 0 Å². The highest BCUT2D eigenvalue weighted by Crippen LogP contribution is -0.256. The Hall–Kier alpha value is -1.48. The highest BCUT2D eigenvalue weighted by atomic mass is 16.0. The minimum absolute atomic E-state index is 0. The van der Waals surface area contributed by atoms with E-state index in [4.69, 9.17) is 0 Å². The molecule has 37 heavy (non-hydrogen) atoms. The zero-order valence-electron chi connectivity index (χ0n) is 19.1. The second-order valence-electron chi connectivity index (χ2n) is 0. The fourth-order valence-corrected chi connectivity index (χ4v) is 0. The summed E-state index contributed by atoms with van der Waals surface area (Å²) < 4.78 is 0. The fourth-order valence-electron chi connectivity index (χ4n) is 0. The van der Waals surface area contributed by atoms with Crippen molar-refractivity contribution in [1.29, 1.82) is 0 Å². The summed E-state index contributed by atoms with van der Waals surface area (Å²) in [7, 11) is 0. The van der Waals surface area contributed by atoms with E-state index in [1.807, 2.05) is 0 Å². The molecule has 77 N–H and O–H groups in total. The molecule has 37 heteroatoms. The van der Waals surface area contributed by atoms with Crippen LogP contribution in [0.25, 0.3) is 0 Å². The molecule has 0 aromatic heterocycles. The van der Waals surface area contributed by atoms with Crippen LogP contribution in [-0.4, -0.2) is 186 Å². The van der Waals surface area contributed by atoms with E-state index in [1.54, 1.807) is 0 Å². The average molecular weight is 664 g/mol. The minimum atomic E-state index is 0. The highest BCUT2D eigenvalue weighted by molar-refractivity contribution is 2.14. The van der Waals surface area contributed by atoms with Gasteiger partial charge in [0.1, 0.15) is 0 Å². The molecule has 37 nitrogen and oxygen atoms in total. The van der Waals surface area contributed by atoms with E-state index in [1.165, 1.54) is 0 Å². The molecular formula is H77N3O34. The van der Waals surface area contributed by atoms with E-state index >= 15 is 0 Å². The van der Waals surface area contributed by atoms with Crippen molar-refractivity contribution in [2.24, 2.45) is 0 Å². The lowest BCUT2D eigenvalue weighted by Crippen LogP contribution is -0.482. The molecule has 0 heterocycles. The van der Waals surface area contributed by atoms with Gasteiger partial charge in [-0.05, 0) is 0 Å². The Morgan fingerprint density at radius 1 is 0.0541 bits per heavy atom. The van der Waals surface area contributed by atoms with Crippen molar-refractivity contribution in [2.45, 2.75) is 0 Å². The largest absolute Gasteiger partial charge is 0.412 e. The van der Waals surface area contributed by atoms with Crippen molar-refractivity contribution < 1.29 is 186 Å². The lowest BCUT2D eigenvalue weighted by molar-refractivity contribution is 0.823. The third-order valence-electron chi connectivity index (χ3n) is 0. The summed E-state index contributed by atoms with van der Waals surface area (Å²) in [5, 5.41) is 0. The van der Waals surface area contributed by atoms with Gasteiger partial charge >= 0.3 is 0 Å². The first-order chi connectivity index (χ1) is 0. The van der Waals surface area contributed by atoms with Crippen molar-refractivity contribution in [2.75, 3.05) is 0 Å². The van der Waals surface area contributed by atoms with Gasteiger partial charge in [-0.3, -0.25) is 0 Å². The molecule has 0 bridgehead atoms. The van der Waals surface area contributed by atoms with Crippen LogP contribution in [0, 0.1) is 0 Å². The second-order valence-corrected chi connectivity index (χ2v) is 0. The van der Waals surface area contributed by atoms with E-state index in [0.717, 1.165) is 0 Å². The summed E-state index contributed by atoms with van der Waals surface area (Å²) in [6, 6.07) is 0. The van der Waals surface area contributed by atoms with E-state index in [9.17, 15) is 0 Å². The lowest BCUT2D eigenvalue weighted by Gasteiger charge is -0.413. The van der Waals surface area contributed by atoms with Gasteiger partial charge in [0.05, 0.1) is 0 Å². The van der Waals surface area contributed by atoms with Gasteiger partial charge in [0.25, 0.3) is 0 Å². The predicted molar refractivity (Wildman–Crippen MR) is 138 cm³/mol. The Labute approximate surface area is 206 Å². The first kappa shape index (κ1) is 19300. The Kier molecular flexibility index (Phi) is 9250000. The van der Waals surface area contributed by atoms with Crippen LogP contribution in [0.2, 0.25) is 0 Å². The Balaban J connectivity index is 0. The van der Waals surface area contributed by atoms with E-state index < -0.39 is 0 Å². The van der Waals surface area contributed by atoms with E-state index in [0.29, 0.717) is 0 Å². The van der Waals surface area contributed by atoms with Crippen LogP contribution in [0.1, 0.15) is 0 Å². The molecule has 0 atom stereocenters. The first-order valence-corrected chi connectivity index (χ1v) is 0. The second kappa shape index (κ2) is 17700. The summed E-state index contributed by atoms with van der Waals surface area (Å²) >= 11 is 0. The van der Waals surface area contributed by atoms with Crippen molar-refractivity contribution in [3.05, 3.63) is 0 Å². The molecule has 296 valence electrons. The van der Waals surface area contributed by atoms with Crippen molar-refractivity contribution >= 4 is 0 Å². The molecule has 0 aliphatic heterocycles. The minimum Gasteiger partial charge on any atom is -0.412 e. The molecule has 0 fully saturated rings. The SMILES string of the molecule is N.N.N.O.O.O.O.O.O.O.O.O.O.O.O.O.O.O.O.O.O.O.O.O.O.O.O.O.O.O.O.O.O.O.O.O.O. The third-order valence-corrected chi connectivity index (χ3v) is 0. The van der Waals surface area contributed by atoms with E-state index in [2.05, 4.69) is 0 Å². The van der Waals surface area contributed by atoms with Crippen molar-refractivity contribution in [3.8, 4) is 0 Å². The zero-order valence-corrected chi connectivity index (χ0v) is 19.1. The third kappa shape index (κ3) is 16700. The molecular weight excluding hydrogens is 586 g/mol. The zero-order chi connectivity index (χ0) is 0. The monoisotopic (exact) mass is 663 g/mol. The summed E-state index contributed by atoms with van der Waals surface area (Å²) in [6.07, 6.45) is 0. The molecule has 0 unspecified atom stereocenters. The van der Waals surface area contributed by atoms with Gasteiger partial charge in [-0.2, -0.15) is 0 Å². The maximum atomic E-state index is 0. The van der Waals surface area contributed by atoms with Crippen LogP contribution in [0.15, 0.2) is 0 Å². The maximum Gasteiger partial charge on any atom is -0.344 e. The molecule has 0 aliphatic carbocycles. The summed E-state index contributed by atoms with van der Waals surface area (Å²) in [5.74, 6) is 0. The molecule has 0 spiro atoms. The molecule has 0 aromatic rings. The van der Waals surface area contributed by atoms with Crippen molar-refractivity contribution in [1.82, 2.24) is 18.5 Å². The highest BCUT2D eigenvalue weighted by Gasteiger charge is -0.339. The van der Waals surface area contributed by atoms with Gasteiger partial charge in [-0.1, -0.05) is 0 Å². The Morgan fingerprint density at radius 2 is 0.0541 bits per heavy atom. The summed E-state index contributed by atoms with van der Waals surface area (Å²) in [4.78, 5) is 0. The number of hydrogen-bond acceptors (Lipinski definition) is 3. The van der Waals surface area contributed by atoms with Crippen LogP contribution in [-0.2, 0) is 0 Å². The molecule has 0 radical (unpaired) electrons. The van der Waals surface area contributed by atoms with Crippen LogP contribution < -0.4 is 18.5 Å². The normalized spacial score (nSPS) is 0. The van der Waals surface area contributed by atoms with Crippen LogP contribution in [0.4, 0.5) is 0 Å². The first-order valence-electron chi connectivity index (χ1n) is 0. The molecule has 0 amide bonds. The Bertz CT molecular complexity index is 15.0. The molecule has 0 rings (SSSR count). The molecule has 0 aliphatic rings. The van der Waals surface area contributed by atoms with Crippen LogP contribution >= 0.6 is 0 Å². The molecule has 0 saturated heterocycles. The van der Waals surface area contributed by atoms with Gasteiger partial charge in [0.2, 0.25) is 0 Å². The predicted octanol–water partition coefficient (Wildman–Crippen LogP) is -27.6. The fraction of sp³-hybridized carbons (Fsp3) is 0. The van der Waals surface area contributed by atoms with E-state index in [-0.39, 0.29) is 205 Å². The van der Waals surface area contributed by atoms with Crippen LogP contribution in [0.5, 0.6) is 0 Å². The smallest absolute Gasteiger partial charge is 0.344 e.